The van der Waals surface area contributed by atoms with Crippen molar-refractivity contribution in [2.24, 2.45) is 0 Å². The molecule has 0 saturated carbocycles. The number of ether oxygens (including phenoxy) is 2. The lowest BCUT2D eigenvalue weighted by atomic mass is 10.3. The number of thioether (sulfide) groups is 1. The summed E-state index contributed by atoms with van der Waals surface area (Å²) in [6.45, 7) is 0.0665. The topological polar surface area (TPSA) is 100 Å². The highest BCUT2D eigenvalue weighted by Gasteiger charge is 2.15. The molecule has 0 fully saturated rings. The molecule has 1 aromatic carbocycles. The Morgan fingerprint density at radius 1 is 1.24 bits per heavy atom. The summed E-state index contributed by atoms with van der Waals surface area (Å²) in [5, 5.41) is 15.3. The third-order valence-electron chi connectivity index (χ3n) is 2.44. The van der Waals surface area contributed by atoms with Crippen LogP contribution in [-0.2, 0) is 19.1 Å². The van der Waals surface area contributed by atoms with Crippen LogP contribution in [0.3, 0.4) is 0 Å². The number of thiocyanates is 1. The minimum absolute atomic E-state index is 0.0665. The summed E-state index contributed by atoms with van der Waals surface area (Å²) in [5.74, 6) is -1.58. The molecule has 2 amide bonds. The fourth-order valence-electron chi connectivity index (χ4n) is 1.37. The first kappa shape index (κ1) is 17.0. The Bertz CT molecular complexity index is 523. The number of hydrogen-bond donors (Lipinski definition) is 2. The molecule has 0 heterocycles. The first-order valence-electron chi connectivity index (χ1n) is 5.91. The van der Waals surface area contributed by atoms with E-state index >= 15 is 0 Å². The third-order valence-corrected chi connectivity index (χ3v) is 3.04. The Labute approximate surface area is 126 Å². The summed E-state index contributed by atoms with van der Waals surface area (Å²) in [4.78, 5) is 24.0. The Hall–Kier alpha value is -2.08. The molecule has 0 aliphatic carbocycles. The van der Waals surface area contributed by atoms with Gasteiger partial charge in [-0.15, -0.1) is 0 Å². The first-order valence-corrected chi connectivity index (χ1v) is 6.73. The molecule has 0 radical (unpaired) electrons. The van der Waals surface area contributed by atoms with Crippen molar-refractivity contribution in [3.8, 4) is 5.40 Å². The maximum Gasteiger partial charge on any atom is 0.313 e. The van der Waals surface area contributed by atoms with Gasteiger partial charge in [-0.25, -0.2) is 0 Å². The number of nitrogens with one attached hydrogen (secondary N) is 2. The number of methoxy groups -OCH3 is 2. The molecular weight excluding hydrogens is 294 g/mol. The fourth-order valence-corrected chi connectivity index (χ4v) is 1.74. The molecule has 2 N–H and O–H groups in total. The number of carbonyl (C=O) groups is 2. The van der Waals surface area contributed by atoms with Crippen LogP contribution in [0, 0.1) is 10.7 Å². The van der Waals surface area contributed by atoms with Gasteiger partial charge >= 0.3 is 11.8 Å². The highest BCUT2D eigenvalue weighted by Crippen LogP contribution is 2.18. The summed E-state index contributed by atoms with van der Waals surface area (Å²) in [7, 11) is 2.86. The van der Waals surface area contributed by atoms with Gasteiger partial charge in [-0.05, 0) is 36.0 Å². The molecule has 1 aromatic rings. The van der Waals surface area contributed by atoms with Gasteiger partial charge in [0.1, 0.15) is 5.40 Å². The molecule has 0 saturated heterocycles. The lowest BCUT2D eigenvalue weighted by Crippen LogP contribution is -2.40. The van der Waals surface area contributed by atoms with E-state index in [2.05, 4.69) is 10.6 Å². The van der Waals surface area contributed by atoms with Crippen molar-refractivity contribution >= 4 is 29.3 Å². The molecule has 1 rings (SSSR count). The minimum atomic E-state index is -0.790. The Kier molecular flexibility index (Phi) is 7.25. The second-order valence-electron chi connectivity index (χ2n) is 3.78. The van der Waals surface area contributed by atoms with Gasteiger partial charge < -0.3 is 20.1 Å². The number of benzene rings is 1. The number of hydrogen-bond acceptors (Lipinski definition) is 6. The van der Waals surface area contributed by atoms with E-state index in [-0.39, 0.29) is 6.54 Å². The van der Waals surface area contributed by atoms with E-state index in [4.69, 9.17) is 14.7 Å². The van der Waals surface area contributed by atoms with Crippen LogP contribution in [0.4, 0.5) is 5.69 Å². The quantitative estimate of drug-likeness (QED) is 0.351. The Morgan fingerprint density at radius 2 is 1.86 bits per heavy atom. The maximum absolute atomic E-state index is 11.6. The van der Waals surface area contributed by atoms with E-state index in [9.17, 15) is 9.59 Å². The van der Waals surface area contributed by atoms with E-state index < -0.39 is 18.1 Å². The molecule has 0 atom stereocenters. The van der Waals surface area contributed by atoms with Crippen molar-refractivity contribution in [2.45, 2.75) is 11.2 Å². The van der Waals surface area contributed by atoms with Gasteiger partial charge in [0.2, 0.25) is 0 Å². The average Bonchev–Trinajstić information content (AvgIpc) is 2.50. The lowest BCUT2D eigenvalue weighted by Gasteiger charge is -2.13. The zero-order valence-electron chi connectivity index (χ0n) is 11.6. The van der Waals surface area contributed by atoms with Crippen LogP contribution in [0.5, 0.6) is 0 Å². The number of anilines is 1. The Morgan fingerprint density at radius 3 is 2.38 bits per heavy atom. The number of nitrogens with zero attached hydrogens (tertiary/aromatic N) is 1. The van der Waals surface area contributed by atoms with Crippen LogP contribution >= 0.6 is 11.8 Å². The van der Waals surface area contributed by atoms with E-state index in [1.54, 1.807) is 24.3 Å². The van der Waals surface area contributed by atoms with Crippen LogP contribution in [0.1, 0.15) is 0 Å². The Balaban J connectivity index is 2.48. The lowest BCUT2D eigenvalue weighted by molar-refractivity contribution is -0.139. The van der Waals surface area contributed by atoms with Crippen LogP contribution < -0.4 is 10.6 Å². The third kappa shape index (κ3) is 5.83. The van der Waals surface area contributed by atoms with Gasteiger partial charge in [0.15, 0.2) is 6.29 Å². The van der Waals surface area contributed by atoms with Crippen molar-refractivity contribution in [1.82, 2.24) is 5.32 Å². The molecule has 0 spiro atoms. The minimum Gasteiger partial charge on any atom is -0.354 e. The predicted molar refractivity (Wildman–Crippen MR) is 77.4 cm³/mol. The van der Waals surface area contributed by atoms with Gasteiger partial charge in [-0.3, -0.25) is 9.59 Å². The fraction of sp³-hybridized carbons (Fsp3) is 0.308. The predicted octanol–water partition coefficient (Wildman–Crippen LogP) is 0.933. The summed E-state index contributed by atoms with van der Waals surface area (Å²) in [5.41, 5.74) is 0.465. The monoisotopic (exact) mass is 309 g/mol. The van der Waals surface area contributed by atoms with Gasteiger partial charge in [0, 0.05) is 24.8 Å². The highest BCUT2D eigenvalue weighted by atomic mass is 32.2. The van der Waals surface area contributed by atoms with E-state index in [1.165, 1.54) is 14.2 Å². The van der Waals surface area contributed by atoms with Crippen LogP contribution in [0.25, 0.3) is 0 Å². The van der Waals surface area contributed by atoms with Crippen molar-refractivity contribution in [2.75, 3.05) is 26.1 Å². The molecule has 0 bridgehead atoms. The van der Waals surface area contributed by atoms with Crippen molar-refractivity contribution < 1.29 is 19.1 Å². The SMILES string of the molecule is COC(CNC(=O)C(=O)Nc1ccc(SC#N)cc1)OC. The second-order valence-corrected chi connectivity index (χ2v) is 4.64. The summed E-state index contributed by atoms with van der Waals surface area (Å²) >= 11 is 1.01. The van der Waals surface area contributed by atoms with Crippen LogP contribution in [0.2, 0.25) is 0 Å². The molecule has 0 aliphatic rings. The van der Waals surface area contributed by atoms with Gasteiger partial charge in [0.05, 0.1) is 6.54 Å². The number of carbonyl (C=O) groups excluding carboxylic acids is 2. The highest BCUT2D eigenvalue weighted by molar-refractivity contribution is 8.03. The molecule has 7 nitrogen and oxygen atoms in total. The number of amides is 2. The average molecular weight is 309 g/mol. The zero-order valence-corrected chi connectivity index (χ0v) is 12.4. The van der Waals surface area contributed by atoms with Crippen molar-refractivity contribution in [3.63, 3.8) is 0 Å². The molecule has 0 aromatic heterocycles. The first-order chi connectivity index (χ1) is 10.1. The van der Waals surface area contributed by atoms with Gasteiger partial charge in [-0.2, -0.15) is 5.26 Å². The van der Waals surface area contributed by atoms with Crippen LogP contribution in [0.15, 0.2) is 29.2 Å². The van der Waals surface area contributed by atoms with E-state index in [0.717, 1.165) is 16.7 Å². The van der Waals surface area contributed by atoms with Gasteiger partial charge in [-0.1, -0.05) is 0 Å². The summed E-state index contributed by atoms with van der Waals surface area (Å²) in [6, 6.07) is 6.57. The van der Waals surface area contributed by atoms with Crippen molar-refractivity contribution in [3.05, 3.63) is 24.3 Å². The standard InChI is InChI=1S/C13H15N3O4S/c1-19-11(20-2)7-15-12(17)13(18)16-9-3-5-10(6-4-9)21-8-14/h3-6,11H,7H2,1-2H3,(H,15,17)(H,16,18). The molecular formula is C13H15N3O4S. The van der Waals surface area contributed by atoms with E-state index in [0.29, 0.717) is 5.69 Å². The maximum atomic E-state index is 11.6. The van der Waals surface area contributed by atoms with Gasteiger partial charge in [0.25, 0.3) is 0 Å². The largest absolute Gasteiger partial charge is 0.354 e. The molecule has 0 unspecified atom stereocenters. The molecule has 0 aliphatic heterocycles. The normalized spacial score (nSPS) is 10.0. The molecule has 8 heteroatoms. The summed E-state index contributed by atoms with van der Waals surface area (Å²) in [6.07, 6.45) is -0.607. The van der Waals surface area contributed by atoms with Crippen LogP contribution in [-0.4, -0.2) is 38.9 Å². The number of nitriles is 1. The van der Waals surface area contributed by atoms with Crippen molar-refractivity contribution in [1.29, 1.82) is 5.26 Å². The molecule has 21 heavy (non-hydrogen) atoms. The summed E-state index contributed by atoms with van der Waals surface area (Å²) < 4.78 is 9.77. The smallest absolute Gasteiger partial charge is 0.313 e. The number of rotatable bonds is 6. The van der Waals surface area contributed by atoms with E-state index in [1.807, 2.05) is 5.40 Å². The second kappa shape index (κ2) is 8.97. The molecule has 112 valence electrons. The zero-order chi connectivity index (χ0) is 15.7.